The molecular weight excluding hydrogens is 416 g/mol. The quantitative estimate of drug-likeness (QED) is 0.380. The highest BCUT2D eigenvalue weighted by atomic mass is 16.5. The van der Waals surface area contributed by atoms with Crippen molar-refractivity contribution in [3.63, 3.8) is 0 Å². The summed E-state index contributed by atoms with van der Waals surface area (Å²) in [5.74, 6) is 1.07. The summed E-state index contributed by atoms with van der Waals surface area (Å²) in [5.41, 5.74) is 2.78. The first kappa shape index (κ1) is 24.6. The van der Waals surface area contributed by atoms with Gasteiger partial charge < -0.3 is 14.3 Å². The molecule has 0 aliphatic rings. The van der Waals surface area contributed by atoms with Crippen molar-refractivity contribution in [2.75, 3.05) is 6.61 Å². The van der Waals surface area contributed by atoms with Gasteiger partial charge in [0.2, 0.25) is 0 Å². The van der Waals surface area contributed by atoms with Crippen molar-refractivity contribution in [2.45, 2.75) is 66.2 Å². The van der Waals surface area contributed by atoms with E-state index in [1.165, 1.54) is 5.56 Å². The molecule has 5 nitrogen and oxygen atoms in total. The normalized spacial score (nSPS) is 13.6. The summed E-state index contributed by atoms with van der Waals surface area (Å²) in [7, 11) is 0. The highest BCUT2D eigenvalue weighted by Gasteiger charge is 2.25. The number of carbonyl (C=O) groups excluding carboxylic acids is 1. The number of hydrogen-bond donors (Lipinski definition) is 1. The summed E-state index contributed by atoms with van der Waals surface area (Å²) in [6, 6.07) is 13.1. The fourth-order valence-electron chi connectivity index (χ4n) is 4.07. The number of carbonyl (C=O) groups is 2. The number of carboxylic acids is 1. The molecule has 176 valence electrons. The Bertz CT molecular complexity index is 1150. The van der Waals surface area contributed by atoms with E-state index in [4.69, 9.17) is 9.15 Å². The molecule has 33 heavy (non-hydrogen) atoms. The van der Waals surface area contributed by atoms with Crippen molar-refractivity contribution in [2.24, 2.45) is 5.41 Å². The average Bonchev–Trinajstić information content (AvgIpc) is 3.19. The molecule has 0 radical (unpaired) electrons. The summed E-state index contributed by atoms with van der Waals surface area (Å²) in [6.45, 7) is 12.2. The van der Waals surface area contributed by atoms with Gasteiger partial charge in [-0.2, -0.15) is 0 Å². The van der Waals surface area contributed by atoms with Crippen LogP contribution in [0.1, 0.15) is 87.0 Å². The number of hydrogen-bond acceptors (Lipinski definition) is 4. The number of ketones is 1. The van der Waals surface area contributed by atoms with Gasteiger partial charge >= 0.3 is 5.97 Å². The summed E-state index contributed by atoms with van der Waals surface area (Å²) in [5, 5.41) is 10.1. The summed E-state index contributed by atoms with van der Waals surface area (Å²) >= 11 is 0. The third-order valence-corrected chi connectivity index (χ3v) is 6.38. The lowest BCUT2D eigenvalue weighted by Crippen LogP contribution is -2.26. The van der Waals surface area contributed by atoms with Gasteiger partial charge in [0.25, 0.3) is 0 Å². The Labute approximate surface area is 195 Å². The Morgan fingerprint density at radius 2 is 1.79 bits per heavy atom. The molecule has 1 aromatic heterocycles. The van der Waals surface area contributed by atoms with Crippen LogP contribution in [0.5, 0.6) is 5.75 Å². The van der Waals surface area contributed by atoms with Gasteiger partial charge in [0.05, 0.1) is 5.56 Å². The van der Waals surface area contributed by atoms with Crippen LogP contribution in [0.4, 0.5) is 0 Å². The van der Waals surface area contributed by atoms with Gasteiger partial charge in [0.1, 0.15) is 23.7 Å². The first-order valence-corrected chi connectivity index (χ1v) is 11.6. The smallest absolute Gasteiger partial charge is 0.335 e. The molecule has 2 aromatic carbocycles. The summed E-state index contributed by atoms with van der Waals surface area (Å²) in [4.78, 5) is 23.6. The maximum absolute atomic E-state index is 12.3. The van der Waals surface area contributed by atoms with Crippen molar-refractivity contribution in [3.05, 3.63) is 64.9 Å². The van der Waals surface area contributed by atoms with Crippen molar-refractivity contribution < 1.29 is 23.8 Å². The van der Waals surface area contributed by atoms with Crippen LogP contribution < -0.4 is 4.74 Å². The van der Waals surface area contributed by atoms with Gasteiger partial charge in [-0.1, -0.05) is 53.7 Å². The number of aromatic carboxylic acids is 1. The number of benzene rings is 2. The Kier molecular flexibility index (Phi) is 7.31. The first-order chi connectivity index (χ1) is 15.5. The predicted octanol–water partition coefficient (Wildman–Crippen LogP) is 6.98. The van der Waals surface area contributed by atoms with Crippen LogP contribution >= 0.6 is 0 Å². The minimum Gasteiger partial charge on any atom is -0.486 e. The lowest BCUT2D eigenvalue weighted by molar-refractivity contribution is -0.128. The lowest BCUT2D eigenvalue weighted by atomic mass is 9.83. The predicted molar refractivity (Wildman–Crippen MR) is 130 cm³/mol. The van der Waals surface area contributed by atoms with Crippen LogP contribution in [-0.4, -0.2) is 23.5 Å². The lowest BCUT2D eigenvalue weighted by Gasteiger charge is -2.23. The molecule has 2 atom stereocenters. The minimum atomic E-state index is -0.946. The van der Waals surface area contributed by atoms with E-state index in [1.807, 2.05) is 32.9 Å². The molecule has 0 saturated carbocycles. The fourth-order valence-corrected chi connectivity index (χ4v) is 4.07. The Morgan fingerprint density at radius 1 is 1.06 bits per heavy atom. The highest BCUT2D eigenvalue weighted by molar-refractivity contribution is 5.93. The van der Waals surface area contributed by atoms with Crippen LogP contribution in [0.3, 0.4) is 0 Å². The van der Waals surface area contributed by atoms with Crippen LogP contribution in [0.15, 0.2) is 46.9 Å². The number of Topliss-reactive ketones (excluding diaryl/α,β-unsaturated/α-hetero) is 1. The van der Waals surface area contributed by atoms with Crippen molar-refractivity contribution in [1.29, 1.82) is 0 Å². The van der Waals surface area contributed by atoms with Crippen LogP contribution in [0, 0.1) is 5.41 Å². The Balaban J connectivity index is 1.85. The molecule has 5 heteroatoms. The monoisotopic (exact) mass is 450 g/mol. The van der Waals surface area contributed by atoms with Crippen molar-refractivity contribution in [1.82, 2.24) is 0 Å². The molecule has 3 rings (SSSR count). The molecule has 0 saturated heterocycles. The van der Waals surface area contributed by atoms with E-state index in [0.717, 1.165) is 35.3 Å². The zero-order valence-electron chi connectivity index (χ0n) is 20.4. The largest absolute Gasteiger partial charge is 0.486 e. The Morgan fingerprint density at radius 3 is 2.39 bits per heavy atom. The van der Waals surface area contributed by atoms with Crippen LogP contribution in [0.2, 0.25) is 0 Å². The summed E-state index contributed by atoms with van der Waals surface area (Å²) < 4.78 is 12.0. The molecule has 2 unspecified atom stereocenters. The molecule has 0 aliphatic heterocycles. The van der Waals surface area contributed by atoms with Gasteiger partial charge in [-0.05, 0) is 60.2 Å². The molecular formula is C28H34O5. The molecule has 3 aromatic rings. The number of aryl methyl sites for hydroxylation is 1. The van der Waals surface area contributed by atoms with Gasteiger partial charge in [-0.3, -0.25) is 4.79 Å². The second kappa shape index (κ2) is 9.82. The van der Waals surface area contributed by atoms with E-state index in [9.17, 15) is 14.7 Å². The average molecular weight is 451 g/mol. The van der Waals surface area contributed by atoms with Gasteiger partial charge in [-0.25, -0.2) is 4.79 Å². The van der Waals surface area contributed by atoms with Crippen LogP contribution in [0.25, 0.3) is 11.0 Å². The van der Waals surface area contributed by atoms with E-state index in [2.05, 4.69) is 32.9 Å². The number of furan rings is 1. The SMILES string of the molecule is CCc1cc(C(C)C(CC)c2cc3cc(C(=O)O)ccc3o2)ccc1OCC(=O)C(C)(C)C. The Hall–Kier alpha value is -3.08. The van der Waals surface area contributed by atoms with Crippen molar-refractivity contribution in [3.8, 4) is 5.75 Å². The molecule has 0 bridgehead atoms. The molecule has 1 heterocycles. The molecule has 0 spiro atoms. The molecule has 0 fully saturated rings. The standard InChI is InChI=1S/C28H34O5/c1-7-18-13-19(9-11-23(18)32-16-26(29)28(4,5)6)17(3)22(8-2)25-15-21-14-20(27(30)31)10-12-24(21)33-25/h9-15,17,22H,7-8,16H2,1-6H3,(H,30,31). The number of ether oxygens (including phenoxy) is 1. The maximum atomic E-state index is 12.3. The van der Waals surface area contributed by atoms with E-state index in [0.29, 0.717) is 5.58 Å². The number of carboxylic acid groups (broad SMARTS) is 1. The second-order valence-corrected chi connectivity index (χ2v) is 9.69. The van der Waals surface area contributed by atoms with E-state index >= 15 is 0 Å². The second-order valence-electron chi connectivity index (χ2n) is 9.69. The van der Waals surface area contributed by atoms with E-state index in [-0.39, 0.29) is 29.8 Å². The highest BCUT2D eigenvalue weighted by Crippen LogP contribution is 2.39. The maximum Gasteiger partial charge on any atom is 0.335 e. The fraction of sp³-hybridized carbons (Fsp3) is 0.429. The zero-order chi connectivity index (χ0) is 24.3. The van der Waals surface area contributed by atoms with E-state index < -0.39 is 11.4 Å². The molecule has 1 N–H and O–H groups in total. The number of rotatable bonds is 9. The van der Waals surface area contributed by atoms with Crippen LogP contribution in [-0.2, 0) is 11.2 Å². The number of fused-ring (bicyclic) bond motifs is 1. The topological polar surface area (TPSA) is 76.7 Å². The van der Waals surface area contributed by atoms with E-state index in [1.54, 1.807) is 18.2 Å². The van der Waals surface area contributed by atoms with Gasteiger partial charge in [-0.15, -0.1) is 0 Å². The van der Waals surface area contributed by atoms with Crippen molar-refractivity contribution >= 4 is 22.7 Å². The summed E-state index contributed by atoms with van der Waals surface area (Å²) in [6.07, 6.45) is 1.69. The first-order valence-electron chi connectivity index (χ1n) is 11.6. The minimum absolute atomic E-state index is 0.0697. The van der Waals surface area contributed by atoms with Gasteiger partial charge in [0.15, 0.2) is 5.78 Å². The zero-order valence-corrected chi connectivity index (χ0v) is 20.4. The molecule has 0 aliphatic carbocycles. The third-order valence-electron chi connectivity index (χ3n) is 6.38. The third kappa shape index (κ3) is 5.47. The molecule has 0 amide bonds. The van der Waals surface area contributed by atoms with Gasteiger partial charge in [0, 0.05) is 16.7 Å².